The maximum absolute atomic E-state index is 15.4. The number of alkyl carbamates (subject to hydrolysis) is 1. The lowest BCUT2D eigenvalue weighted by atomic mass is 9.89. The molecule has 2 N–H and O–H groups in total. The Hall–Kier alpha value is -3.12. The van der Waals surface area contributed by atoms with Crippen molar-refractivity contribution in [2.24, 2.45) is 9.36 Å². The number of halogens is 2. The number of aliphatic imine (C=N–C) groups is 1. The summed E-state index contributed by atoms with van der Waals surface area (Å²) in [5.41, 5.74) is -1.70. The van der Waals surface area contributed by atoms with Crippen LogP contribution in [0.5, 0.6) is 0 Å². The third kappa shape index (κ3) is 5.23. The zero-order valence-electron chi connectivity index (χ0n) is 22.9. The number of hydrogen-bond donors (Lipinski definition) is 2. The fourth-order valence-electron chi connectivity index (χ4n) is 4.85. The molecular weight excluding hydrogens is 547 g/mol. The van der Waals surface area contributed by atoms with Crippen molar-refractivity contribution in [2.45, 2.75) is 76.0 Å². The molecule has 39 heavy (non-hydrogen) atoms. The predicted molar refractivity (Wildman–Crippen MR) is 148 cm³/mol. The third-order valence-electron chi connectivity index (χ3n) is 6.78. The molecule has 0 radical (unpaired) electrons. The lowest BCUT2D eigenvalue weighted by Crippen LogP contribution is -2.61. The van der Waals surface area contributed by atoms with Gasteiger partial charge in [0.15, 0.2) is 0 Å². The zero-order chi connectivity index (χ0) is 29.0. The SMILES string of the molecule is Cc1cc(Cl)cnc1C(=O)Nc1ccc(F)c([C@@]2(C)N=C(NC(=O)OC(C)(C)C)C(C)(C)[S@@]3(=O)=NCC[C@@H]23)n1. The molecule has 3 atom stereocenters. The number of ether oxygens (including phenoxy) is 1. The van der Waals surface area contributed by atoms with Gasteiger partial charge in [0.1, 0.15) is 44.7 Å². The van der Waals surface area contributed by atoms with Crippen LogP contribution < -0.4 is 10.6 Å². The Kier molecular flexibility index (Phi) is 7.26. The van der Waals surface area contributed by atoms with Crippen LogP contribution in [0.3, 0.4) is 0 Å². The summed E-state index contributed by atoms with van der Waals surface area (Å²) in [6.45, 7) is 12.1. The molecule has 0 unspecified atom stereocenters. The van der Waals surface area contributed by atoms with E-state index in [1.54, 1.807) is 54.5 Å². The fourth-order valence-corrected chi connectivity index (χ4v) is 8.23. The van der Waals surface area contributed by atoms with E-state index in [-0.39, 0.29) is 29.6 Å². The topological polar surface area (TPSA) is 135 Å². The maximum Gasteiger partial charge on any atom is 0.413 e. The van der Waals surface area contributed by atoms with E-state index >= 15 is 4.39 Å². The molecule has 2 aromatic heterocycles. The van der Waals surface area contributed by atoms with Crippen molar-refractivity contribution in [2.75, 3.05) is 11.9 Å². The minimum absolute atomic E-state index is 0.0527. The van der Waals surface area contributed by atoms with Crippen LogP contribution in [0.25, 0.3) is 0 Å². The number of aromatic nitrogens is 2. The summed E-state index contributed by atoms with van der Waals surface area (Å²) in [6.07, 6.45) is 0.955. The molecule has 10 nitrogen and oxygen atoms in total. The summed E-state index contributed by atoms with van der Waals surface area (Å²) >= 11 is 5.95. The summed E-state index contributed by atoms with van der Waals surface area (Å²) in [5, 5.41) is 4.97. The standard InChI is InChI=1S/C26H32ClFN6O4S/c1-14-12-15(27)13-29-19(14)21(35)32-18-9-8-16(28)20(31-18)26(7)17-10-11-30-39(17,37)25(5,6)22(34-26)33-23(36)38-24(2,3)4/h8-9,12-13,17H,10-11H2,1-7H3,(H,31,32,35)(H,33,34,36)/t17-,26-,39+/m0/s1. The molecule has 2 aliphatic heterocycles. The lowest BCUT2D eigenvalue weighted by Gasteiger charge is -2.44. The van der Waals surface area contributed by atoms with Crippen LogP contribution in [0, 0.1) is 12.7 Å². The zero-order valence-corrected chi connectivity index (χ0v) is 24.5. The Morgan fingerprint density at radius 1 is 1.21 bits per heavy atom. The Morgan fingerprint density at radius 3 is 2.54 bits per heavy atom. The fraction of sp³-hybridized carbons (Fsp3) is 0.500. The van der Waals surface area contributed by atoms with Crippen LogP contribution in [0.1, 0.15) is 69.7 Å². The van der Waals surface area contributed by atoms with Gasteiger partial charge in [-0.2, -0.15) is 0 Å². The van der Waals surface area contributed by atoms with E-state index in [1.807, 2.05) is 0 Å². The van der Waals surface area contributed by atoms with Crippen LogP contribution in [-0.2, 0) is 20.0 Å². The molecule has 210 valence electrons. The van der Waals surface area contributed by atoms with Gasteiger partial charge in [0.05, 0.1) is 20.0 Å². The number of nitrogens with zero attached hydrogens (tertiary/aromatic N) is 4. The summed E-state index contributed by atoms with van der Waals surface area (Å²) in [7, 11) is -3.07. The van der Waals surface area contributed by atoms with E-state index in [4.69, 9.17) is 21.3 Å². The predicted octanol–water partition coefficient (Wildman–Crippen LogP) is 5.00. The highest BCUT2D eigenvalue weighted by Gasteiger charge is 2.58. The number of carbonyl (C=O) groups is 2. The monoisotopic (exact) mass is 578 g/mol. The molecule has 0 aliphatic carbocycles. The molecule has 2 aromatic rings. The molecule has 0 bridgehead atoms. The van der Waals surface area contributed by atoms with Gasteiger partial charge in [-0.25, -0.2) is 27.7 Å². The Labute approximate surface area is 232 Å². The Morgan fingerprint density at radius 2 is 1.90 bits per heavy atom. The average Bonchev–Trinajstić information content (AvgIpc) is 3.22. The Bertz CT molecular complexity index is 1510. The van der Waals surface area contributed by atoms with E-state index in [0.29, 0.717) is 17.0 Å². The van der Waals surface area contributed by atoms with Crippen LogP contribution in [0.2, 0.25) is 5.02 Å². The van der Waals surface area contributed by atoms with Crippen molar-refractivity contribution in [1.29, 1.82) is 0 Å². The van der Waals surface area contributed by atoms with E-state index < -0.39 is 48.7 Å². The van der Waals surface area contributed by atoms with Crippen molar-refractivity contribution in [3.05, 3.63) is 52.2 Å². The van der Waals surface area contributed by atoms with Crippen LogP contribution in [-0.4, -0.2) is 54.2 Å². The van der Waals surface area contributed by atoms with Gasteiger partial charge in [-0.05, 0) is 78.6 Å². The Balaban J connectivity index is 1.78. The van der Waals surface area contributed by atoms with Gasteiger partial charge < -0.3 is 10.1 Å². The largest absolute Gasteiger partial charge is 0.444 e. The number of rotatable bonds is 3. The van der Waals surface area contributed by atoms with Crippen molar-refractivity contribution < 1.29 is 22.9 Å². The molecule has 0 saturated carbocycles. The van der Waals surface area contributed by atoms with Crippen LogP contribution >= 0.6 is 11.6 Å². The lowest BCUT2D eigenvalue weighted by molar-refractivity contribution is 0.0560. The molecule has 13 heteroatoms. The number of anilines is 1. The first kappa shape index (κ1) is 28.9. The molecule has 2 amide bonds. The molecule has 2 aliphatic rings. The summed E-state index contributed by atoms with van der Waals surface area (Å²) in [4.78, 5) is 38.9. The minimum Gasteiger partial charge on any atom is -0.444 e. The number of aryl methyl sites for hydroxylation is 1. The van der Waals surface area contributed by atoms with Gasteiger partial charge in [0.2, 0.25) is 0 Å². The molecular formula is C26H32ClFN6O4S. The third-order valence-corrected chi connectivity index (χ3v) is 10.7. The van der Waals surface area contributed by atoms with Crippen molar-refractivity contribution >= 4 is 45.0 Å². The molecule has 4 rings (SSSR count). The van der Waals surface area contributed by atoms with Gasteiger partial charge in [-0.15, -0.1) is 0 Å². The van der Waals surface area contributed by atoms with Gasteiger partial charge in [-0.1, -0.05) is 11.6 Å². The molecule has 0 fully saturated rings. The number of nitrogens with one attached hydrogen (secondary N) is 2. The first-order valence-electron chi connectivity index (χ1n) is 12.4. The first-order chi connectivity index (χ1) is 18.0. The van der Waals surface area contributed by atoms with E-state index in [1.165, 1.54) is 12.3 Å². The first-order valence-corrected chi connectivity index (χ1v) is 14.4. The van der Waals surface area contributed by atoms with Gasteiger partial charge in [-0.3, -0.25) is 15.1 Å². The smallest absolute Gasteiger partial charge is 0.413 e. The van der Waals surface area contributed by atoms with Crippen LogP contribution in [0.4, 0.5) is 15.0 Å². The molecule has 4 heterocycles. The molecule has 0 spiro atoms. The highest BCUT2D eigenvalue weighted by atomic mass is 35.5. The minimum atomic E-state index is -3.07. The second-order valence-electron chi connectivity index (χ2n) is 11.2. The number of fused-ring (bicyclic) bond motifs is 1. The molecule has 0 saturated heterocycles. The highest BCUT2D eigenvalue weighted by molar-refractivity contribution is 7.96. The average molecular weight is 579 g/mol. The van der Waals surface area contributed by atoms with Gasteiger partial charge in [0.25, 0.3) is 5.91 Å². The van der Waals surface area contributed by atoms with E-state index in [0.717, 1.165) is 6.07 Å². The van der Waals surface area contributed by atoms with Crippen molar-refractivity contribution in [3.63, 3.8) is 0 Å². The van der Waals surface area contributed by atoms with Crippen LogP contribution in [0.15, 0.2) is 33.8 Å². The highest BCUT2D eigenvalue weighted by Crippen LogP contribution is 2.47. The summed E-state index contributed by atoms with van der Waals surface area (Å²) in [5.74, 6) is -1.15. The number of pyridine rings is 2. The van der Waals surface area contributed by atoms with Crippen molar-refractivity contribution in [3.8, 4) is 0 Å². The normalized spacial score (nSPS) is 25.7. The second-order valence-corrected chi connectivity index (χ2v) is 14.7. The quantitative estimate of drug-likeness (QED) is 0.526. The number of hydrogen-bond acceptors (Lipinski definition) is 8. The van der Waals surface area contributed by atoms with Gasteiger partial charge in [0, 0.05) is 12.7 Å². The van der Waals surface area contributed by atoms with Crippen molar-refractivity contribution in [1.82, 2.24) is 15.3 Å². The van der Waals surface area contributed by atoms with Gasteiger partial charge >= 0.3 is 6.09 Å². The summed E-state index contributed by atoms with van der Waals surface area (Å²) in [6, 6.07) is 4.08. The number of amidine groups is 1. The number of amides is 2. The summed E-state index contributed by atoms with van der Waals surface area (Å²) < 4.78 is 38.6. The second kappa shape index (κ2) is 9.81. The maximum atomic E-state index is 15.4. The molecule has 0 aromatic carbocycles. The number of carbonyl (C=O) groups excluding carboxylic acids is 2. The van der Waals surface area contributed by atoms with E-state index in [2.05, 4.69) is 25.0 Å². The van der Waals surface area contributed by atoms with E-state index in [9.17, 15) is 13.8 Å².